The molecule has 5 N–H and O–H groups in total. The van der Waals surface area contributed by atoms with Crippen molar-refractivity contribution in [3.8, 4) is 5.75 Å². The first-order valence-electron chi connectivity index (χ1n) is 14.7. The molecule has 0 saturated carbocycles. The predicted molar refractivity (Wildman–Crippen MR) is 175 cm³/mol. The number of hydrogen-bond donors (Lipinski definition) is 4. The lowest BCUT2D eigenvalue weighted by Crippen LogP contribution is -2.45. The Bertz CT molecular complexity index is 1940. The molecule has 2 aromatic heterocycles. The van der Waals surface area contributed by atoms with Gasteiger partial charge in [-0.05, 0) is 74.1 Å². The highest BCUT2D eigenvalue weighted by Crippen LogP contribution is 2.36. The predicted octanol–water partition coefficient (Wildman–Crippen LogP) is 4.31. The van der Waals surface area contributed by atoms with Gasteiger partial charge in [0.15, 0.2) is 22.8 Å². The first-order valence-corrected chi connectivity index (χ1v) is 14.7. The molecule has 1 aliphatic heterocycles. The molecule has 0 unspecified atom stereocenters. The van der Waals surface area contributed by atoms with Gasteiger partial charge in [-0.15, -0.1) is 12.4 Å². The summed E-state index contributed by atoms with van der Waals surface area (Å²) in [5.74, 6) is -2.73. The van der Waals surface area contributed by atoms with Crippen LogP contribution >= 0.6 is 12.4 Å². The van der Waals surface area contributed by atoms with Crippen LogP contribution in [0.5, 0.6) is 5.75 Å². The Morgan fingerprint density at radius 1 is 1.27 bits per heavy atom. The largest absolute Gasteiger partial charge is 0.477 e. The van der Waals surface area contributed by atoms with Crippen LogP contribution in [0.4, 0.5) is 10.1 Å². The number of ether oxygens (including phenoxy) is 2. The lowest BCUT2D eigenvalue weighted by atomic mass is 9.98. The number of benzene rings is 2. The fourth-order valence-corrected chi connectivity index (χ4v) is 5.39. The number of hydrogen-bond acceptors (Lipinski definition) is 9. The molecule has 0 saturated heterocycles. The van der Waals surface area contributed by atoms with Crippen molar-refractivity contribution < 1.29 is 38.1 Å². The zero-order valence-electron chi connectivity index (χ0n) is 26.3. The van der Waals surface area contributed by atoms with Crippen molar-refractivity contribution in [3.63, 3.8) is 0 Å². The molecule has 2 aliphatic rings. The molecule has 48 heavy (non-hydrogen) atoms. The molecule has 15 heteroatoms. The van der Waals surface area contributed by atoms with Crippen LogP contribution in [0, 0.1) is 12.7 Å². The quantitative estimate of drug-likeness (QED) is 0.162. The summed E-state index contributed by atoms with van der Waals surface area (Å²) in [6.45, 7) is 9.39. The maximum Gasteiger partial charge on any atom is 0.354 e. The number of nitrogens with one attached hydrogen (secondary N) is 2. The van der Waals surface area contributed by atoms with Crippen LogP contribution < -0.4 is 21.1 Å². The molecule has 3 heterocycles. The van der Waals surface area contributed by atoms with Crippen molar-refractivity contribution in [3.05, 3.63) is 100 Å². The number of carboxylic acid groups (broad SMARTS) is 1. The maximum atomic E-state index is 13.9. The van der Waals surface area contributed by atoms with E-state index in [0.717, 1.165) is 39.0 Å². The van der Waals surface area contributed by atoms with Crippen LogP contribution in [0.25, 0.3) is 5.65 Å². The number of amides is 2. The van der Waals surface area contributed by atoms with Gasteiger partial charge in [-0.2, -0.15) is 5.10 Å². The van der Waals surface area contributed by atoms with E-state index < -0.39 is 35.0 Å². The second-order valence-corrected chi connectivity index (χ2v) is 11.4. The lowest BCUT2D eigenvalue weighted by molar-refractivity contribution is -0.129. The SMILES string of the molecule is C=CCOC(=O)c1ccc2c(c1C)CC[C@@H]2NC(=O)c1cc(C(=O)O)nc2c(F)cnn12.CC1(C)Oc2ccc(CN)cc2NC1=O.Cl. The van der Waals surface area contributed by atoms with E-state index in [0.29, 0.717) is 36.4 Å². The van der Waals surface area contributed by atoms with Crippen molar-refractivity contribution in [2.24, 2.45) is 5.73 Å². The Morgan fingerprint density at radius 3 is 2.71 bits per heavy atom. The molecule has 1 atom stereocenters. The van der Waals surface area contributed by atoms with Crippen LogP contribution in [-0.2, 0) is 22.5 Å². The van der Waals surface area contributed by atoms with Crippen molar-refractivity contribution in [2.75, 3.05) is 11.9 Å². The standard InChI is InChI=1S/C22H19FN4O5.C11H14N2O2.ClH/c1-3-8-32-22(31)13-4-5-14-12(11(13)2)6-7-16(14)26-20(28)18-9-17(21(29)30)25-19-15(23)10-24-27(18)19;1-11(2)10(14)13-8-5-7(6-12)3-4-9(8)15-11;/h3-5,9-10,16H,1,6-8H2,2H3,(H,26,28)(H,29,30);3-5H,6,12H2,1-2H3,(H,13,14);1H/t16-;;/m0../s1. The van der Waals surface area contributed by atoms with E-state index in [-0.39, 0.29) is 42.3 Å². The Balaban J connectivity index is 0.000000273. The summed E-state index contributed by atoms with van der Waals surface area (Å²) in [6.07, 6.45) is 3.58. The van der Waals surface area contributed by atoms with E-state index in [1.54, 1.807) is 26.0 Å². The van der Waals surface area contributed by atoms with E-state index in [4.69, 9.17) is 15.2 Å². The first-order chi connectivity index (χ1) is 22.3. The third kappa shape index (κ3) is 6.99. The Kier molecular flexibility index (Phi) is 10.5. The second kappa shape index (κ2) is 14.2. The van der Waals surface area contributed by atoms with Crippen molar-refractivity contribution in [2.45, 2.75) is 51.8 Å². The number of rotatable bonds is 7. The highest BCUT2D eigenvalue weighted by Gasteiger charge is 2.35. The molecule has 0 fully saturated rings. The minimum Gasteiger partial charge on any atom is -0.477 e. The number of carboxylic acids is 1. The van der Waals surface area contributed by atoms with Crippen LogP contribution in [0.15, 0.2) is 55.3 Å². The number of esters is 1. The number of halogens is 2. The van der Waals surface area contributed by atoms with Crippen molar-refractivity contribution in [1.82, 2.24) is 19.9 Å². The van der Waals surface area contributed by atoms with Crippen LogP contribution in [-0.4, -0.2) is 55.7 Å². The number of nitrogens with zero attached hydrogens (tertiary/aromatic N) is 3. The van der Waals surface area contributed by atoms with Gasteiger partial charge in [-0.1, -0.05) is 24.8 Å². The first kappa shape index (κ1) is 35.5. The number of aromatic nitrogens is 3. The molecule has 13 nitrogen and oxygen atoms in total. The fourth-order valence-electron chi connectivity index (χ4n) is 5.39. The molecule has 2 aromatic carbocycles. The molecular formula is C33H34ClFN6O7. The van der Waals surface area contributed by atoms with Gasteiger partial charge in [0.2, 0.25) is 0 Å². The molecular weight excluding hydrogens is 647 g/mol. The van der Waals surface area contributed by atoms with Crippen molar-refractivity contribution in [1.29, 1.82) is 0 Å². The Hall–Kier alpha value is -5.34. The molecule has 1 aliphatic carbocycles. The summed E-state index contributed by atoms with van der Waals surface area (Å²) in [5, 5.41) is 18.7. The van der Waals surface area contributed by atoms with Gasteiger partial charge < -0.3 is 30.9 Å². The summed E-state index contributed by atoms with van der Waals surface area (Å²) in [6, 6.07) is 9.67. The Morgan fingerprint density at radius 2 is 2.02 bits per heavy atom. The monoisotopic (exact) mass is 680 g/mol. The minimum atomic E-state index is -1.39. The van der Waals surface area contributed by atoms with Crippen LogP contribution in [0.2, 0.25) is 0 Å². The van der Waals surface area contributed by atoms with Gasteiger partial charge in [0.1, 0.15) is 18.1 Å². The summed E-state index contributed by atoms with van der Waals surface area (Å²) in [5.41, 5.74) is 8.44. The van der Waals surface area contributed by atoms with Gasteiger partial charge in [-0.25, -0.2) is 23.5 Å². The fraction of sp³-hybridized carbons (Fsp3) is 0.273. The molecule has 0 spiro atoms. The molecule has 0 radical (unpaired) electrons. The number of fused-ring (bicyclic) bond motifs is 3. The van der Waals surface area contributed by atoms with E-state index in [1.807, 2.05) is 25.1 Å². The molecule has 252 valence electrons. The second-order valence-electron chi connectivity index (χ2n) is 11.4. The molecule has 4 aromatic rings. The number of carbonyl (C=O) groups excluding carboxylic acids is 3. The normalized spacial score (nSPS) is 15.4. The summed E-state index contributed by atoms with van der Waals surface area (Å²) >= 11 is 0. The maximum absolute atomic E-state index is 13.9. The molecule has 2 amide bonds. The number of carbonyl (C=O) groups is 4. The van der Waals surface area contributed by atoms with E-state index in [9.17, 15) is 28.7 Å². The van der Waals surface area contributed by atoms with Crippen LogP contribution in [0.1, 0.15) is 79.9 Å². The number of anilines is 1. The van der Waals surface area contributed by atoms with Gasteiger partial charge >= 0.3 is 11.9 Å². The Labute approximate surface area is 280 Å². The van der Waals surface area contributed by atoms with Crippen LogP contribution in [0.3, 0.4) is 0 Å². The highest BCUT2D eigenvalue weighted by atomic mass is 35.5. The van der Waals surface area contributed by atoms with Gasteiger partial charge in [0.25, 0.3) is 11.8 Å². The highest BCUT2D eigenvalue weighted by molar-refractivity contribution is 6.00. The minimum absolute atomic E-state index is 0. The van der Waals surface area contributed by atoms with Gasteiger partial charge in [0, 0.05) is 12.6 Å². The van der Waals surface area contributed by atoms with Gasteiger partial charge in [0.05, 0.1) is 23.5 Å². The zero-order chi connectivity index (χ0) is 34.0. The van der Waals surface area contributed by atoms with Crippen molar-refractivity contribution >= 4 is 47.5 Å². The third-order valence-corrected chi connectivity index (χ3v) is 7.87. The zero-order valence-corrected chi connectivity index (χ0v) is 27.2. The topological polar surface area (TPSA) is 187 Å². The summed E-state index contributed by atoms with van der Waals surface area (Å²) < 4.78 is 25.6. The molecule has 0 bridgehead atoms. The molecule has 6 rings (SSSR count). The summed E-state index contributed by atoms with van der Waals surface area (Å²) in [4.78, 5) is 51.9. The lowest BCUT2D eigenvalue weighted by Gasteiger charge is -2.31. The summed E-state index contributed by atoms with van der Waals surface area (Å²) in [7, 11) is 0. The van der Waals surface area contributed by atoms with E-state index in [2.05, 4.69) is 27.3 Å². The van der Waals surface area contributed by atoms with E-state index in [1.165, 1.54) is 6.08 Å². The third-order valence-electron chi connectivity index (χ3n) is 7.87. The average molecular weight is 681 g/mol. The number of nitrogens with two attached hydrogens (primary N) is 1. The smallest absolute Gasteiger partial charge is 0.354 e. The van der Waals surface area contributed by atoms with Gasteiger partial charge in [-0.3, -0.25) is 9.59 Å². The average Bonchev–Trinajstić information content (AvgIpc) is 3.63. The number of aromatic carboxylic acids is 1. The van der Waals surface area contributed by atoms with E-state index >= 15 is 0 Å².